The molecule has 0 radical (unpaired) electrons. The molecule has 0 saturated heterocycles. The number of unbranched alkanes of at least 4 members (excludes halogenated alkanes) is 10. The second-order valence-electron chi connectivity index (χ2n) is 8.73. The maximum absolute atomic E-state index is 12.6. The van der Waals surface area contributed by atoms with Crippen LogP contribution in [0.5, 0.6) is 0 Å². The van der Waals surface area contributed by atoms with Gasteiger partial charge in [0.05, 0.1) is 11.4 Å². The van der Waals surface area contributed by atoms with Crippen LogP contribution in [0.4, 0.5) is 0 Å². The lowest BCUT2D eigenvalue weighted by Gasteiger charge is -2.25. The van der Waals surface area contributed by atoms with Crippen molar-refractivity contribution in [3.63, 3.8) is 0 Å². The van der Waals surface area contributed by atoms with Crippen LogP contribution < -0.4 is 4.72 Å². The van der Waals surface area contributed by atoms with E-state index in [2.05, 4.69) is 18.6 Å². The first kappa shape index (κ1) is 30.1. The zero-order valence-corrected chi connectivity index (χ0v) is 21.4. The Bertz CT molecular complexity index is 550. The van der Waals surface area contributed by atoms with Crippen molar-refractivity contribution in [2.45, 2.75) is 135 Å². The lowest BCUT2D eigenvalue weighted by Crippen LogP contribution is -2.38. The Morgan fingerprint density at radius 2 is 1.23 bits per heavy atom. The average molecular weight is 470 g/mol. The number of rotatable bonds is 21. The minimum Gasteiger partial charge on any atom is -0.324 e. The first-order valence-electron chi connectivity index (χ1n) is 12.2. The summed E-state index contributed by atoms with van der Waals surface area (Å²) < 4.78 is 39.8. The fourth-order valence-electron chi connectivity index (χ4n) is 3.87. The summed E-state index contributed by atoms with van der Waals surface area (Å²) in [6.45, 7) is 6.21. The van der Waals surface area contributed by atoms with E-state index in [0.29, 0.717) is 25.7 Å². The van der Waals surface area contributed by atoms with Crippen LogP contribution in [-0.4, -0.2) is 35.7 Å². The third-order valence-corrected chi connectivity index (χ3v) is 8.61. The molecule has 0 aromatic rings. The topological polar surface area (TPSA) is 104 Å². The van der Waals surface area contributed by atoms with E-state index >= 15 is 0 Å². The maximum atomic E-state index is 12.6. The van der Waals surface area contributed by atoms with Crippen LogP contribution >= 0.6 is 7.60 Å². The van der Waals surface area contributed by atoms with Gasteiger partial charge in [-0.1, -0.05) is 97.8 Å². The van der Waals surface area contributed by atoms with E-state index in [-0.39, 0.29) is 12.2 Å². The molecule has 30 heavy (non-hydrogen) atoms. The molecule has 0 heterocycles. The van der Waals surface area contributed by atoms with E-state index in [1.165, 1.54) is 25.7 Å². The van der Waals surface area contributed by atoms with Crippen LogP contribution in [0.15, 0.2) is 0 Å². The quantitative estimate of drug-likeness (QED) is 0.139. The molecule has 3 N–H and O–H groups in total. The van der Waals surface area contributed by atoms with Crippen LogP contribution in [0.1, 0.15) is 124 Å². The van der Waals surface area contributed by atoms with E-state index in [0.717, 1.165) is 44.9 Å². The molecule has 0 aliphatic rings. The molecule has 2 atom stereocenters. The predicted octanol–water partition coefficient (Wildman–Crippen LogP) is 6.12. The van der Waals surface area contributed by atoms with Crippen molar-refractivity contribution in [2.24, 2.45) is 0 Å². The minimum atomic E-state index is -4.23. The van der Waals surface area contributed by atoms with Gasteiger partial charge in [-0.2, -0.15) is 0 Å². The highest BCUT2D eigenvalue weighted by molar-refractivity contribution is 7.89. The number of nitrogens with one attached hydrogen (secondary N) is 1. The van der Waals surface area contributed by atoms with Gasteiger partial charge in [0.15, 0.2) is 0 Å². The summed E-state index contributed by atoms with van der Waals surface area (Å²) in [5.41, 5.74) is -0.774. The Morgan fingerprint density at radius 3 is 1.73 bits per heavy atom. The van der Waals surface area contributed by atoms with Crippen molar-refractivity contribution >= 4 is 17.6 Å². The fraction of sp³-hybridized carbons (Fsp3) is 1.00. The summed E-state index contributed by atoms with van der Waals surface area (Å²) in [7, 11) is -7.67. The normalized spacial score (nSPS) is 14.7. The van der Waals surface area contributed by atoms with Gasteiger partial charge in [0.1, 0.15) is 0 Å². The van der Waals surface area contributed by atoms with Crippen LogP contribution in [0.2, 0.25) is 0 Å². The van der Waals surface area contributed by atoms with Gasteiger partial charge in [0.2, 0.25) is 10.0 Å². The van der Waals surface area contributed by atoms with Gasteiger partial charge >= 0.3 is 7.60 Å². The molecule has 0 aliphatic carbocycles. The number of hydrogen-bond acceptors (Lipinski definition) is 3. The minimum absolute atomic E-state index is 0.0990. The van der Waals surface area contributed by atoms with Gasteiger partial charge in [0, 0.05) is 6.04 Å². The molecule has 0 amide bonds. The van der Waals surface area contributed by atoms with E-state index in [4.69, 9.17) is 0 Å². The van der Waals surface area contributed by atoms with Crippen molar-refractivity contribution in [3.05, 3.63) is 0 Å². The molecule has 182 valence electrons. The number of sulfonamides is 1. The Labute approximate surface area is 186 Å². The Hall–Kier alpha value is 0.0600. The van der Waals surface area contributed by atoms with E-state index in [9.17, 15) is 22.8 Å². The van der Waals surface area contributed by atoms with Crippen LogP contribution in [0, 0.1) is 0 Å². The highest BCUT2D eigenvalue weighted by Crippen LogP contribution is 2.46. The predicted molar refractivity (Wildman–Crippen MR) is 127 cm³/mol. The monoisotopic (exact) mass is 469 g/mol. The average Bonchev–Trinajstić information content (AvgIpc) is 2.65. The van der Waals surface area contributed by atoms with Gasteiger partial charge in [-0.05, 0) is 25.7 Å². The summed E-state index contributed by atoms with van der Waals surface area (Å²) in [6, 6.07) is -0.398. The molecule has 0 aliphatic heterocycles. The molecule has 8 heteroatoms. The molecular weight excluding hydrogens is 421 g/mol. The Kier molecular flexibility index (Phi) is 17.6. The Balaban J connectivity index is 4.63. The van der Waals surface area contributed by atoms with Crippen molar-refractivity contribution < 1.29 is 22.8 Å². The molecule has 2 unspecified atom stereocenters. The molecule has 0 spiro atoms. The molecule has 0 bridgehead atoms. The third-order valence-electron chi connectivity index (χ3n) is 5.67. The zero-order valence-electron chi connectivity index (χ0n) is 19.7. The van der Waals surface area contributed by atoms with E-state index < -0.39 is 29.3 Å². The second-order valence-corrected chi connectivity index (χ2v) is 12.5. The van der Waals surface area contributed by atoms with Gasteiger partial charge in [-0.15, -0.1) is 0 Å². The smallest absolute Gasteiger partial charge is 0.324 e. The summed E-state index contributed by atoms with van der Waals surface area (Å²) in [5, 5.41) is 0. The molecular formula is C22H48NO5PS. The van der Waals surface area contributed by atoms with Gasteiger partial charge < -0.3 is 9.79 Å². The highest BCUT2D eigenvalue weighted by Gasteiger charge is 2.31. The summed E-state index contributed by atoms with van der Waals surface area (Å²) in [5.74, 6) is 0.0990. The van der Waals surface area contributed by atoms with E-state index in [1.54, 1.807) is 0 Å². The molecule has 0 fully saturated rings. The number of hydrogen-bond donors (Lipinski definition) is 3. The fourth-order valence-corrected chi connectivity index (χ4v) is 6.41. The van der Waals surface area contributed by atoms with E-state index in [1.807, 2.05) is 6.92 Å². The third kappa shape index (κ3) is 16.7. The summed E-state index contributed by atoms with van der Waals surface area (Å²) >= 11 is 0. The first-order valence-corrected chi connectivity index (χ1v) is 15.5. The highest BCUT2D eigenvalue weighted by atomic mass is 32.2. The first-order chi connectivity index (χ1) is 14.2. The lowest BCUT2D eigenvalue weighted by atomic mass is 10.0. The molecule has 0 aromatic heterocycles. The molecule has 0 aromatic carbocycles. The largest absolute Gasteiger partial charge is 0.328 e. The van der Waals surface area contributed by atoms with Crippen LogP contribution in [0.25, 0.3) is 0 Å². The van der Waals surface area contributed by atoms with Crippen LogP contribution in [0.3, 0.4) is 0 Å². The summed E-state index contributed by atoms with van der Waals surface area (Å²) in [6.07, 6.45) is 14.8. The second kappa shape index (κ2) is 17.6. The van der Waals surface area contributed by atoms with Crippen molar-refractivity contribution in [3.8, 4) is 0 Å². The SMILES string of the molecule is CCCCCCCCCCS(=O)(=O)NC(CCCCCC)CC(CCC)P(=O)(O)O. The van der Waals surface area contributed by atoms with Crippen LogP contribution in [-0.2, 0) is 14.6 Å². The van der Waals surface area contributed by atoms with Crippen molar-refractivity contribution in [2.75, 3.05) is 5.75 Å². The van der Waals surface area contributed by atoms with Gasteiger partial charge in [0.25, 0.3) is 0 Å². The van der Waals surface area contributed by atoms with Crippen molar-refractivity contribution in [1.82, 2.24) is 4.72 Å². The Morgan fingerprint density at radius 1 is 0.733 bits per heavy atom. The van der Waals surface area contributed by atoms with Gasteiger partial charge in [-0.25, -0.2) is 13.1 Å². The maximum Gasteiger partial charge on any atom is 0.328 e. The summed E-state index contributed by atoms with van der Waals surface area (Å²) in [4.78, 5) is 19.4. The lowest BCUT2D eigenvalue weighted by molar-refractivity contribution is 0.339. The molecule has 0 saturated carbocycles. The molecule has 0 rings (SSSR count). The zero-order chi connectivity index (χ0) is 22.9. The van der Waals surface area contributed by atoms with Crippen molar-refractivity contribution in [1.29, 1.82) is 0 Å². The molecule has 6 nitrogen and oxygen atoms in total. The van der Waals surface area contributed by atoms with Gasteiger partial charge in [-0.3, -0.25) is 4.57 Å². The standard InChI is InChI=1S/C22H48NO5PS/c1-4-7-9-11-12-13-14-16-19-30(27,28)23-21(18-15-10-8-5-2)20-22(17-6-3)29(24,25)26/h21-23H,4-20H2,1-3H3,(H2,24,25,26).